The fraction of sp³-hybridized carbons (Fsp3) is 0.667. The molecule has 0 heterocycles. The molecule has 1 aromatic carbocycles. The zero-order valence-electron chi connectivity index (χ0n) is 13.0. The molecule has 0 aromatic heterocycles. The predicted octanol–water partition coefficient (Wildman–Crippen LogP) is 4.93. The highest BCUT2D eigenvalue weighted by atomic mass is 32.2. The molecular formula is C18H29NS. The third kappa shape index (κ3) is 5.14. The lowest BCUT2D eigenvalue weighted by atomic mass is 10.1. The van der Waals surface area contributed by atoms with Crippen molar-refractivity contribution in [2.24, 2.45) is 0 Å². The zero-order valence-corrected chi connectivity index (χ0v) is 13.8. The Morgan fingerprint density at radius 3 is 2.85 bits per heavy atom. The van der Waals surface area contributed by atoms with Crippen LogP contribution in [0.5, 0.6) is 0 Å². The molecule has 1 N–H and O–H groups in total. The normalized spacial score (nSPS) is 23.5. The van der Waals surface area contributed by atoms with Crippen LogP contribution in [-0.2, 0) is 5.75 Å². The molecule has 0 spiro atoms. The van der Waals surface area contributed by atoms with Crippen LogP contribution in [0.4, 0.5) is 0 Å². The minimum atomic E-state index is 0.729. The van der Waals surface area contributed by atoms with Crippen molar-refractivity contribution >= 4 is 11.8 Å². The number of hydrogen-bond donors (Lipinski definition) is 1. The Balaban J connectivity index is 1.89. The van der Waals surface area contributed by atoms with Crippen LogP contribution in [0.3, 0.4) is 0 Å². The first kappa shape index (κ1) is 15.9. The summed E-state index contributed by atoms with van der Waals surface area (Å²) in [6.45, 7) is 5.62. The van der Waals surface area contributed by atoms with Gasteiger partial charge in [0.1, 0.15) is 0 Å². The first-order valence-electron chi connectivity index (χ1n) is 8.20. The highest BCUT2D eigenvalue weighted by molar-refractivity contribution is 7.99. The lowest BCUT2D eigenvalue weighted by molar-refractivity contribution is 0.470. The van der Waals surface area contributed by atoms with Crippen LogP contribution in [0, 0.1) is 6.92 Å². The summed E-state index contributed by atoms with van der Waals surface area (Å²) in [5.41, 5.74) is 2.86. The smallest absolute Gasteiger partial charge is 0.0204 e. The molecule has 112 valence electrons. The van der Waals surface area contributed by atoms with Gasteiger partial charge in [0, 0.05) is 17.0 Å². The molecule has 2 heteroatoms. The van der Waals surface area contributed by atoms with Crippen LogP contribution in [-0.4, -0.2) is 17.8 Å². The van der Waals surface area contributed by atoms with Crippen molar-refractivity contribution in [3.63, 3.8) is 0 Å². The van der Waals surface area contributed by atoms with Crippen LogP contribution < -0.4 is 5.32 Å². The Kier molecular flexibility index (Phi) is 6.95. The Bertz CT molecular complexity index is 391. The second kappa shape index (κ2) is 8.74. The number of hydrogen-bond acceptors (Lipinski definition) is 2. The van der Waals surface area contributed by atoms with Gasteiger partial charge in [-0.3, -0.25) is 0 Å². The molecule has 2 unspecified atom stereocenters. The Labute approximate surface area is 128 Å². The Morgan fingerprint density at radius 1 is 1.20 bits per heavy atom. The molecule has 20 heavy (non-hydrogen) atoms. The standard InChI is InChI=1S/C18H29NS/c1-3-12-19-17-10-5-4-6-11-18(17)20-14-16-9-7-8-15(2)13-16/h7-9,13,17-19H,3-6,10-12,14H2,1-2H3. The van der Waals surface area contributed by atoms with Gasteiger partial charge in [0.15, 0.2) is 0 Å². The first-order valence-corrected chi connectivity index (χ1v) is 9.25. The predicted molar refractivity (Wildman–Crippen MR) is 91.4 cm³/mol. The summed E-state index contributed by atoms with van der Waals surface area (Å²) >= 11 is 2.17. The number of thioether (sulfide) groups is 1. The van der Waals surface area contributed by atoms with Crippen molar-refractivity contribution in [1.29, 1.82) is 0 Å². The molecule has 1 nitrogen and oxygen atoms in total. The third-order valence-corrected chi connectivity index (χ3v) is 5.65. The van der Waals surface area contributed by atoms with Gasteiger partial charge < -0.3 is 5.32 Å². The topological polar surface area (TPSA) is 12.0 Å². The van der Waals surface area contributed by atoms with Gasteiger partial charge in [0.25, 0.3) is 0 Å². The molecule has 0 bridgehead atoms. The van der Waals surface area contributed by atoms with E-state index in [9.17, 15) is 0 Å². The molecule has 1 fully saturated rings. The van der Waals surface area contributed by atoms with Crippen LogP contribution in [0.1, 0.15) is 56.6 Å². The van der Waals surface area contributed by atoms with E-state index in [1.165, 1.54) is 56.2 Å². The van der Waals surface area contributed by atoms with E-state index in [4.69, 9.17) is 0 Å². The zero-order chi connectivity index (χ0) is 14.2. The molecule has 1 aromatic rings. The van der Waals surface area contributed by atoms with E-state index in [0.717, 1.165) is 17.0 Å². The van der Waals surface area contributed by atoms with E-state index in [0.29, 0.717) is 0 Å². The maximum absolute atomic E-state index is 3.79. The monoisotopic (exact) mass is 291 g/mol. The number of benzene rings is 1. The highest BCUT2D eigenvalue weighted by Crippen LogP contribution is 2.30. The van der Waals surface area contributed by atoms with Crippen molar-refractivity contribution in [1.82, 2.24) is 5.32 Å². The molecule has 1 aliphatic carbocycles. The molecular weight excluding hydrogens is 262 g/mol. The quantitative estimate of drug-likeness (QED) is 0.746. The van der Waals surface area contributed by atoms with Gasteiger partial charge in [-0.25, -0.2) is 0 Å². The first-order chi connectivity index (χ1) is 9.79. The minimum absolute atomic E-state index is 0.729. The van der Waals surface area contributed by atoms with E-state index in [-0.39, 0.29) is 0 Å². The molecule has 0 aliphatic heterocycles. The van der Waals surface area contributed by atoms with Gasteiger partial charge in [-0.05, 0) is 38.3 Å². The van der Waals surface area contributed by atoms with E-state index in [2.05, 4.69) is 55.2 Å². The fourth-order valence-electron chi connectivity index (χ4n) is 3.04. The number of nitrogens with one attached hydrogen (secondary N) is 1. The van der Waals surface area contributed by atoms with Crippen molar-refractivity contribution in [2.75, 3.05) is 6.54 Å². The second-order valence-electron chi connectivity index (χ2n) is 6.04. The van der Waals surface area contributed by atoms with E-state index in [1.54, 1.807) is 0 Å². The molecule has 0 amide bonds. The van der Waals surface area contributed by atoms with E-state index < -0.39 is 0 Å². The summed E-state index contributed by atoms with van der Waals surface area (Å²) in [6, 6.07) is 9.70. The summed E-state index contributed by atoms with van der Waals surface area (Å²) in [4.78, 5) is 0. The van der Waals surface area contributed by atoms with Gasteiger partial charge in [-0.2, -0.15) is 11.8 Å². The van der Waals surface area contributed by atoms with Gasteiger partial charge in [-0.15, -0.1) is 0 Å². The molecule has 1 aliphatic rings. The maximum Gasteiger partial charge on any atom is 0.0204 e. The summed E-state index contributed by atoms with van der Waals surface area (Å²) in [5, 5.41) is 4.58. The molecule has 2 atom stereocenters. The molecule has 2 rings (SSSR count). The number of aryl methyl sites for hydroxylation is 1. The van der Waals surface area contributed by atoms with Gasteiger partial charge in [-0.1, -0.05) is 56.0 Å². The van der Waals surface area contributed by atoms with Crippen molar-refractivity contribution in [3.05, 3.63) is 35.4 Å². The van der Waals surface area contributed by atoms with Crippen molar-refractivity contribution in [3.8, 4) is 0 Å². The lowest BCUT2D eigenvalue weighted by Gasteiger charge is -2.26. The maximum atomic E-state index is 3.79. The third-order valence-electron chi connectivity index (χ3n) is 4.16. The minimum Gasteiger partial charge on any atom is -0.313 e. The SMILES string of the molecule is CCCNC1CCCCCC1SCc1cccc(C)c1. The van der Waals surface area contributed by atoms with Crippen LogP contribution in [0.2, 0.25) is 0 Å². The molecule has 0 radical (unpaired) electrons. The average Bonchev–Trinajstić information content (AvgIpc) is 2.68. The van der Waals surface area contributed by atoms with Crippen molar-refractivity contribution in [2.45, 2.75) is 69.4 Å². The summed E-state index contributed by atoms with van der Waals surface area (Å²) < 4.78 is 0. The molecule has 1 saturated carbocycles. The second-order valence-corrected chi connectivity index (χ2v) is 7.26. The van der Waals surface area contributed by atoms with Crippen LogP contribution in [0.15, 0.2) is 24.3 Å². The summed E-state index contributed by atoms with van der Waals surface area (Å²) in [7, 11) is 0. The van der Waals surface area contributed by atoms with Gasteiger partial charge >= 0.3 is 0 Å². The largest absolute Gasteiger partial charge is 0.313 e. The summed E-state index contributed by atoms with van der Waals surface area (Å²) in [5.74, 6) is 1.16. The van der Waals surface area contributed by atoms with Crippen molar-refractivity contribution < 1.29 is 0 Å². The number of rotatable bonds is 6. The lowest BCUT2D eigenvalue weighted by Crippen LogP contribution is -2.38. The van der Waals surface area contributed by atoms with Gasteiger partial charge in [0.2, 0.25) is 0 Å². The van der Waals surface area contributed by atoms with E-state index in [1.807, 2.05) is 0 Å². The Hall–Kier alpha value is -0.470. The Morgan fingerprint density at radius 2 is 2.05 bits per heavy atom. The average molecular weight is 292 g/mol. The molecule has 0 saturated heterocycles. The van der Waals surface area contributed by atoms with E-state index >= 15 is 0 Å². The summed E-state index contributed by atoms with van der Waals surface area (Å²) in [6.07, 6.45) is 8.24. The fourth-order valence-corrected chi connectivity index (χ4v) is 4.43. The van der Waals surface area contributed by atoms with Gasteiger partial charge in [0.05, 0.1) is 0 Å². The van der Waals surface area contributed by atoms with Crippen LogP contribution in [0.25, 0.3) is 0 Å². The van der Waals surface area contributed by atoms with Crippen LogP contribution >= 0.6 is 11.8 Å². The highest BCUT2D eigenvalue weighted by Gasteiger charge is 2.23.